The van der Waals surface area contributed by atoms with Crippen molar-refractivity contribution in [2.45, 2.75) is 30.7 Å². The van der Waals surface area contributed by atoms with Gasteiger partial charge in [0.15, 0.2) is 0 Å². The van der Waals surface area contributed by atoms with E-state index >= 15 is 0 Å². The molecule has 104 valence electrons. The summed E-state index contributed by atoms with van der Waals surface area (Å²) in [7, 11) is 0. The van der Waals surface area contributed by atoms with Crippen LogP contribution in [0.5, 0.6) is 0 Å². The third kappa shape index (κ3) is 3.81. The van der Waals surface area contributed by atoms with Gasteiger partial charge in [-0.15, -0.1) is 0 Å². The number of hydrogen-bond acceptors (Lipinski definition) is 4. The Morgan fingerprint density at radius 2 is 1.90 bits per heavy atom. The third-order valence-corrected chi connectivity index (χ3v) is 4.48. The molecule has 0 radical (unpaired) electrons. The molecule has 4 heteroatoms. The van der Waals surface area contributed by atoms with E-state index < -0.39 is 0 Å². The summed E-state index contributed by atoms with van der Waals surface area (Å²) in [5.41, 5.74) is 2.38. The normalized spacial score (nSPS) is 16.2. The summed E-state index contributed by atoms with van der Waals surface area (Å²) in [6.45, 7) is 2.35. The highest BCUT2D eigenvalue weighted by Gasteiger charge is 2.12. The number of hydrogen-bond donors (Lipinski definition) is 0. The minimum absolute atomic E-state index is 0.872. The van der Waals surface area contributed by atoms with Crippen LogP contribution in [-0.2, 0) is 6.42 Å². The first-order valence-electron chi connectivity index (χ1n) is 7.18. The molecule has 2 aromatic rings. The van der Waals surface area contributed by atoms with Crippen molar-refractivity contribution in [2.75, 3.05) is 13.1 Å². The van der Waals surface area contributed by atoms with E-state index in [1.807, 2.05) is 24.5 Å². The van der Waals surface area contributed by atoms with Crippen molar-refractivity contribution in [3.63, 3.8) is 0 Å². The van der Waals surface area contributed by atoms with Crippen LogP contribution in [0.1, 0.15) is 30.5 Å². The standard InChI is InChI=1S/C16H19N3S/c1-4-10-19(11-5-1)20-16-13-14(7-9-18-16)12-15-6-2-3-8-17-15/h2-3,6-9,13H,1,4-5,10-12H2. The average molecular weight is 285 g/mol. The molecule has 0 unspecified atom stereocenters. The Kier molecular flexibility index (Phi) is 4.66. The molecule has 20 heavy (non-hydrogen) atoms. The lowest BCUT2D eigenvalue weighted by Crippen LogP contribution is -2.22. The summed E-state index contributed by atoms with van der Waals surface area (Å²) < 4.78 is 2.43. The van der Waals surface area contributed by atoms with Crippen molar-refractivity contribution in [3.05, 3.63) is 54.0 Å². The van der Waals surface area contributed by atoms with Crippen molar-refractivity contribution in [1.82, 2.24) is 14.3 Å². The van der Waals surface area contributed by atoms with E-state index in [1.165, 1.54) is 37.9 Å². The Morgan fingerprint density at radius 3 is 2.70 bits per heavy atom. The van der Waals surface area contributed by atoms with Crippen LogP contribution in [0, 0.1) is 0 Å². The van der Waals surface area contributed by atoms with Crippen LogP contribution in [0.25, 0.3) is 0 Å². The second kappa shape index (κ2) is 6.86. The van der Waals surface area contributed by atoms with E-state index in [4.69, 9.17) is 0 Å². The predicted octanol–water partition coefficient (Wildman–Crippen LogP) is 3.56. The molecule has 1 saturated heterocycles. The average Bonchev–Trinajstić information content (AvgIpc) is 2.50. The molecule has 0 atom stereocenters. The van der Waals surface area contributed by atoms with Gasteiger partial charge in [0.05, 0.1) is 0 Å². The number of pyridine rings is 2. The molecule has 0 bridgehead atoms. The van der Waals surface area contributed by atoms with Gasteiger partial charge in [-0.2, -0.15) is 0 Å². The molecule has 2 aromatic heterocycles. The van der Waals surface area contributed by atoms with E-state index in [0.29, 0.717) is 0 Å². The third-order valence-electron chi connectivity index (χ3n) is 3.45. The second-order valence-electron chi connectivity index (χ2n) is 5.08. The van der Waals surface area contributed by atoms with Crippen molar-refractivity contribution >= 4 is 11.9 Å². The van der Waals surface area contributed by atoms with Gasteiger partial charge in [0.2, 0.25) is 0 Å². The molecule has 3 nitrogen and oxygen atoms in total. The molecule has 0 aliphatic carbocycles. The first-order chi connectivity index (χ1) is 9.90. The maximum atomic E-state index is 4.48. The minimum atomic E-state index is 0.872. The smallest absolute Gasteiger partial charge is 0.111 e. The quantitative estimate of drug-likeness (QED) is 0.803. The number of nitrogens with zero attached hydrogens (tertiary/aromatic N) is 3. The summed E-state index contributed by atoms with van der Waals surface area (Å²) >= 11 is 1.79. The molecule has 0 aromatic carbocycles. The van der Waals surface area contributed by atoms with Gasteiger partial charge in [-0.25, -0.2) is 9.29 Å². The highest BCUT2D eigenvalue weighted by Crippen LogP contribution is 2.25. The fourth-order valence-corrected chi connectivity index (χ4v) is 3.43. The number of rotatable bonds is 4. The Hall–Kier alpha value is -1.39. The van der Waals surface area contributed by atoms with E-state index in [9.17, 15) is 0 Å². The zero-order valence-corrected chi connectivity index (χ0v) is 12.4. The topological polar surface area (TPSA) is 29.0 Å². The highest BCUT2D eigenvalue weighted by atomic mass is 32.2. The maximum Gasteiger partial charge on any atom is 0.111 e. The van der Waals surface area contributed by atoms with E-state index in [2.05, 4.69) is 32.5 Å². The van der Waals surface area contributed by atoms with Crippen LogP contribution >= 0.6 is 11.9 Å². The van der Waals surface area contributed by atoms with Crippen LogP contribution in [0.4, 0.5) is 0 Å². The largest absolute Gasteiger partial charge is 0.261 e. The fraction of sp³-hybridized carbons (Fsp3) is 0.375. The van der Waals surface area contributed by atoms with Crippen molar-refractivity contribution in [2.24, 2.45) is 0 Å². The lowest BCUT2D eigenvalue weighted by atomic mass is 10.1. The van der Waals surface area contributed by atoms with Crippen LogP contribution < -0.4 is 0 Å². The van der Waals surface area contributed by atoms with Gasteiger partial charge in [0.1, 0.15) is 5.03 Å². The van der Waals surface area contributed by atoms with E-state index in [1.54, 1.807) is 11.9 Å². The SMILES string of the molecule is c1ccc(Cc2ccnc(SN3CCCCC3)c2)nc1. The van der Waals surface area contributed by atoms with Crippen LogP contribution in [0.2, 0.25) is 0 Å². The van der Waals surface area contributed by atoms with Gasteiger partial charge < -0.3 is 0 Å². The molecular formula is C16H19N3S. The molecule has 0 saturated carbocycles. The Bertz CT molecular complexity index is 538. The predicted molar refractivity (Wildman–Crippen MR) is 82.6 cm³/mol. The summed E-state index contributed by atoms with van der Waals surface area (Å²) in [5.74, 6) is 0. The van der Waals surface area contributed by atoms with Crippen molar-refractivity contribution < 1.29 is 0 Å². The van der Waals surface area contributed by atoms with Gasteiger partial charge in [0, 0.05) is 37.6 Å². The van der Waals surface area contributed by atoms with Gasteiger partial charge >= 0.3 is 0 Å². The van der Waals surface area contributed by atoms with Crippen molar-refractivity contribution in [1.29, 1.82) is 0 Å². The highest BCUT2D eigenvalue weighted by molar-refractivity contribution is 7.97. The molecule has 1 fully saturated rings. The molecular weight excluding hydrogens is 266 g/mol. The Balaban J connectivity index is 1.66. The lowest BCUT2D eigenvalue weighted by molar-refractivity contribution is 0.380. The maximum absolute atomic E-state index is 4.48. The van der Waals surface area contributed by atoms with Gasteiger partial charge in [0.25, 0.3) is 0 Å². The van der Waals surface area contributed by atoms with Gasteiger partial charge in [-0.3, -0.25) is 4.98 Å². The lowest BCUT2D eigenvalue weighted by Gasteiger charge is -2.24. The van der Waals surface area contributed by atoms with Crippen LogP contribution in [0.15, 0.2) is 47.8 Å². The number of aromatic nitrogens is 2. The molecule has 0 N–H and O–H groups in total. The number of piperidine rings is 1. The zero-order valence-electron chi connectivity index (χ0n) is 11.5. The molecule has 1 aliphatic rings. The monoisotopic (exact) mass is 285 g/mol. The molecule has 3 heterocycles. The van der Waals surface area contributed by atoms with Crippen LogP contribution in [-0.4, -0.2) is 27.4 Å². The summed E-state index contributed by atoms with van der Waals surface area (Å²) in [5, 5.41) is 1.10. The van der Waals surface area contributed by atoms with E-state index in [-0.39, 0.29) is 0 Å². The first-order valence-corrected chi connectivity index (χ1v) is 7.95. The molecule has 3 rings (SSSR count). The second-order valence-corrected chi connectivity index (χ2v) is 6.20. The zero-order chi connectivity index (χ0) is 13.6. The van der Waals surface area contributed by atoms with Crippen LogP contribution in [0.3, 0.4) is 0 Å². The Labute approximate surface area is 124 Å². The summed E-state index contributed by atoms with van der Waals surface area (Å²) in [6.07, 6.45) is 8.60. The molecule has 1 aliphatic heterocycles. The molecule has 0 amide bonds. The van der Waals surface area contributed by atoms with Crippen molar-refractivity contribution in [3.8, 4) is 0 Å². The Morgan fingerprint density at radius 1 is 1.00 bits per heavy atom. The summed E-state index contributed by atoms with van der Waals surface area (Å²) in [6, 6.07) is 10.3. The summed E-state index contributed by atoms with van der Waals surface area (Å²) in [4.78, 5) is 8.86. The first kappa shape index (κ1) is 13.6. The molecule has 0 spiro atoms. The fourth-order valence-electron chi connectivity index (χ4n) is 2.41. The van der Waals surface area contributed by atoms with Gasteiger partial charge in [-0.05, 0) is 54.6 Å². The van der Waals surface area contributed by atoms with E-state index in [0.717, 1.165) is 17.1 Å². The van der Waals surface area contributed by atoms with Gasteiger partial charge in [-0.1, -0.05) is 12.5 Å². The minimum Gasteiger partial charge on any atom is -0.261 e.